The molecule has 1 saturated heterocycles. The zero-order valence-electron chi connectivity index (χ0n) is 23.9. The fraction of sp³-hybridized carbons (Fsp3) is 0.500. The van der Waals surface area contributed by atoms with Crippen LogP contribution in [-0.4, -0.2) is 53.2 Å². The molecule has 2 aromatic carbocycles. The molecule has 0 saturated carbocycles. The van der Waals surface area contributed by atoms with Crippen molar-refractivity contribution in [2.45, 2.75) is 71.3 Å². The molecule has 0 N–H and O–H groups in total. The molecule has 5 rings (SSSR count). The quantitative estimate of drug-likeness (QED) is 0.194. The van der Waals surface area contributed by atoms with E-state index in [0.29, 0.717) is 18.5 Å². The van der Waals surface area contributed by atoms with Gasteiger partial charge in [-0.25, -0.2) is 0 Å². The fourth-order valence-corrected chi connectivity index (χ4v) is 6.42. The Kier molecular flexibility index (Phi) is 9.61. The molecule has 6 nitrogen and oxygen atoms in total. The van der Waals surface area contributed by atoms with Crippen LogP contribution in [0.3, 0.4) is 0 Å². The zero-order valence-corrected chi connectivity index (χ0v) is 23.9. The number of nitrogens with zero attached hydrogens (tertiary/aromatic N) is 3. The van der Waals surface area contributed by atoms with E-state index in [1.807, 2.05) is 12.1 Å². The van der Waals surface area contributed by atoms with Crippen molar-refractivity contribution in [3.63, 3.8) is 0 Å². The highest BCUT2D eigenvalue weighted by Crippen LogP contribution is 2.26. The summed E-state index contributed by atoms with van der Waals surface area (Å²) in [4.78, 5) is 28.8. The second kappa shape index (κ2) is 13.5. The maximum Gasteiger partial charge on any atom is 0.246 e. The lowest BCUT2D eigenvalue weighted by Crippen LogP contribution is -2.33. The van der Waals surface area contributed by atoms with Gasteiger partial charge in [-0.3, -0.25) is 24.7 Å². The molecule has 0 aromatic heterocycles. The Bertz CT molecular complexity index is 1260. The first-order chi connectivity index (χ1) is 19.4. The number of Topliss-reactive ketones (excluding diaryl/α,β-unsaturated/α-hetero) is 1. The largest absolute Gasteiger partial charge is 0.299 e. The Labute approximate surface area is 238 Å². The van der Waals surface area contributed by atoms with Crippen LogP contribution in [0.4, 0.5) is 0 Å². The van der Waals surface area contributed by atoms with E-state index >= 15 is 0 Å². The maximum absolute atomic E-state index is 13.1. The molecule has 212 valence electrons. The second-order valence-electron chi connectivity index (χ2n) is 12.0. The van der Waals surface area contributed by atoms with Gasteiger partial charge in [-0.2, -0.15) is 0 Å². The molecule has 0 bridgehead atoms. The molecule has 0 atom stereocenters. The summed E-state index contributed by atoms with van der Waals surface area (Å²) in [6, 6.07) is 15.2. The van der Waals surface area contributed by atoms with E-state index in [-0.39, 0.29) is 10.7 Å². The lowest BCUT2D eigenvalue weighted by atomic mass is 9.90. The number of allylic oxidation sites excluding steroid dienone is 3. The molecular weight excluding hydrogens is 498 g/mol. The smallest absolute Gasteiger partial charge is 0.246 e. The van der Waals surface area contributed by atoms with Crippen molar-refractivity contribution in [2.24, 2.45) is 5.92 Å². The van der Waals surface area contributed by atoms with E-state index in [0.717, 1.165) is 82.9 Å². The van der Waals surface area contributed by atoms with Crippen LogP contribution in [0.2, 0.25) is 0 Å². The number of fused-ring (bicyclic) bond motifs is 1. The van der Waals surface area contributed by atoms with Crippen LogP contribution in [0.5, 0.6) is 0 Å². The Morgan fingerprint density at radius 2 is 1.60 bits per heavy atom. The number of carbonyl (C=O) groups excluding carboxylic acids is 1. The molecule has 1 fully saturated rings. The van der Waals surface area contributed by atoms with E-state index in [4.69, 9.17) is 0 Å². The number of aryl methyl sites for hydroxylation is 1. The average Bonchev–Trinajstić information content (AvgIpc) is 3.17. The highest BCUT2D eigenvalue weighted by Gasteiger charge is 2.21. The van der Waals surface area contributed by atoms with Crippen LogP contribution < -0.4 is 0 Å². The number of hydrogen-bond acceptors (Lipinski definition) is 5. The third-order valence-electron chi connectivity index (χ3n) is 9.05. The van der Waals surface area contributed by atoms with Gasteiger partial charge in [0.15, 0.2) is 5.78 Å². The van der Waals surface area contributed by atoms with Crippen LogP contribution in [0.1, 0.15) is 77.6 Å². The molecule has 2 aromatic rings. The molecular formula is C34H43N3O3. The van der Waals surface area contributed by atoms with E-state index in [9.17, 15) is 14.9 Å². The van der Waals surface area contributed by atoms with Gasteiger partial charge in [0.25, 0.3) is 0 Å². The number of benzene rings is 2. The second-order valence-corrected chi connectivity index (χ2v) is 12.0. The number of likely N-dealkylation sites (tertiary alicyclic amines) is 1. The van der Waals surface area contributed by atoms with Crippen LogP contribution in [-0.2, 0) is 19.4 Å². The zero-order chi connectivity index (χ0) is 27.9. The van der Waals surface area contributed by atoms with Gasteiger partial charge in [0, 0.05) is 50.7 Å². The van der Waals surface area contributed by atoms with Crippen LogP contribution in [0.15, 0.2) is 65.9 Å². The van der Waals surface area contributed by atoms with E-state index < -0.39 is 0 Å². The van der Waals surface area contributed by atoms with Crippen LogP contribution in [0.25, 0.3) is 0 Å². The number of rotatable bonds is 10. The highest BCUT2D eigenvalue weighted by molar-refractivity contribution is 5.96. The van der Waals surface area contributed by atoms with Gasteiger partial charge in [-0.15, -0.1) is 0 Å². The van der Waals surface area contributed by atoms with E-state index in [1.165, 1.54) is 40.7 Å². The van der Waals surface area contributed by atoms with Crippen molar-refractivity contribution >= 4 is 5.78 Å². The topological polar surface area (TPSA) is 66.7 Å². The summed E-state index contributed by atoms with van der Waals surface area (Å²) in [5.41, 5.74) is 7.82. The summed E-state index contributed by atoms with van der Waals surface area (Å²) in [6.45, 7) is 8.29. The molecule has 1 aliphatic carbocycles. The first-order valence-electron chi connectivity index (χ1n) is 15.1. The molecule has 0 radical (unpaired) electrons. The first-order valence-corrected chi connectivity index (χ1v) is 15.1. The molecule has 2 aliphatic heterocycles. The van der Waals surface area contributed by atoms with Crippen molar-refractivity contribution in [2.75, 3.05) is 32.7 Å². The number of hydrogen-bond donors (Lipinski definition) is 0. The first kappa shape index (κ1) is 28.4. The lowest BCUT2D eigenvalue weighted by molar-refractivity contribution is -0.428. The molecule has 0 spiro atoms. The Balaban J connectivity index is 1.04. The summed E-state index contributed by atoms with van der Waals surface area (Å²) >= 11 is 0. The van der Waals surface area contributed by atoms with Crippen molar-refractivity contribution in [3.05, 3.63) is 104 Å². The summed E-state index contributed by atoms with van der Waals surface area (Å²) in [5, 5.41) is 11.0. The third kappa shape index (κ3) is 7.76. The monoisotopic (exact) mass is 541 g/mol. The average molecular weight is 542 g/mol. The molecule has 2 heterocycles. The van der Waals surface area contributed by atoms with Gasteiger partial charge in [-0.05, 0) is 93.6 Å². The number of nitro groups is 1. The lowest BCUT2D eigenvalue weighted by Gasteiger charge is -2.32. The van der Waals surface area contributed by atoms with Gasteiger partial charge >= 0.3 is 0 Å². The molecule has 3 aliphatic rings. The van der Waals surface area contributed by atoms with E-state index in [1.54, 1.807) is 6.08 Å². The fourth-order valence-electron chi connectivity index (χ4n) is 6.42. The van der Waals surface area contributed by atoms with Gasteiger partial charge in [0.2, 0.25) is 5.70 Å². The molecule has 0 unspecified atom stereocenters. The standard InChI is InChI=1S/C34H43N3O3/c1-26-5-7-28(8-6-26)24-35-19-15-27(16-20-35)3-2-4-34(38)32-12-11-30-17-21-36(22-18-31(30)23-32)25-29-9-13-33(14-10-29)37(39)40/h5-9,11-13,23,27H,2-4,10,14-22,24-25H2,1H3. The predicted octanol–water partition coefficient (Wildman–Crippen LogP) is 6.54. The maximum atomic E-state index is 13.1. The Morgan fingerprint density at radius 3 is 2.30 bits per heavy atom. The number of piperidine rings is 1. The van der Waals surface area contributed by atoms with E-state index in [2.05, 4.69) is 53.1 Å². The van der Waals surface area contributed by atoms with Crippen molar-refractivity contribution in [1.29, 1.82) is 0 Å². The number of carbonyl (C=O) groups is 1. The van der Waals surface area contributed by atoms with Crippen LogP contribution in [0, 0.1) is 23.0 Å². The normalized spacial score (nSPS) is 18.9. The van der Waals surface area contributed by atoms with Gasteiger partial charge < -0.3 is 0 Å². The van der Waals surface area contributed by atoms with Crippen molar-refractivity contribution in [1.82, 2.24) is 9.80 Å². The highest BCUT2D eigenvalue weighted by atomic mass is 16.6. The van der Waals surface area contributed by atoms with Crippen LogP contribution >= 0.6 is 0 Å². The Morgan fingerprint density at radius 1 is 0.875 bits per heavy atom. The molecule has 40 heavy (non-hydrogen) atoms. The summed E-state index contributed by atoms with van der Waals surface area (Å²) in [5.74, 6) is 1.02. The summed E-state index contributed by atoms with van der Waals surface area (Å²) in [6.07, 6.45) is 12.1. The minimum atomic E-state index is -0.272. The van der Waals surface area contributed by atoms with Gasteiger partial charge in [0.05, 0.1) is 4.92 Å². The summed E-state index contributed by atoms with van der Waals surface area (Å²) in [7, 11) is 0. The third-order valence-corrected chi connectivity index (χ3v) is 9.05. The molecule has 6 heteroatoms. The minimum absolute atomic E-state index is 0.272. The Hall–Kier alpha value is -3.09. The minimum Gasteiger partial charge on any atom is -0.299 e. The molecule has 0 amide bonds. The van der Waals surface area contributed by atoms with Crippen molar-refractivity contribution in [3.8, 4) is 0 Å². The van der Waals surface area contributed by atoms with Gasteiger partial charge in [0.1, 0.15) is 0 Å². The summed E-state index contributed by atoms with van der Waals surface area (Å²) < 4.78 is 0. The SMILES string of the molecule is Cc1ccc(CN2CCC(CCCC(=O)c3ccc4c(c3)CCN(CC3=CC=C([N+](=O)[O-])CC3)CC4)CC2)cc1. The van der Waals surface area contributed by atoms with Crippen molar-refractivity contribution < 1.29 is 9.72 Å². The predicted molar refractivity (Wildman–Crippen MR) is 160 cm³/mol. The van der Waals surface area contributed by atoms with Gasteiger partial charge in [-0.1, -0.05) is 53.6 Å². The number of ketones is 1.